The number of rotatable bonds is 9. The van der Waals surface area contributed by atoms with Gasteiger partial charge in [-0.15, -0.1) is 0 Å². The second-order valence-electron chi connectivity index (χ2n) is 8.96. The topological polar surface area (TPSA) is 9.72 Å². The molecule has 24 heavy (non-hydrogen) atoms. The Hall–Kier alpha value is -0.120. The third-order valence-electron chi connectivity index (χ3n) is 6.12. The fourth-order valence-electron chi connectivity index (χ4n) is 4.28. The molecule has 2 saturated heterocycles. The molecule has 0 aromatic rings. The van der Waals surface area contributed by atoms with E-state index in [0.717, 1.165) is 17.9 Å². The van der Waals surface area contributed by atoms with Crippen LogP contribution in [0, 0.1) is 11.8 Å². The molecule has 0 aromatic carbocycles. The molecule has 2 fully saturated rings. The maximum Gasteiger partial charge on any atom is 0.0113 e. The van der Waals surface area contributed by atoms with Gasteiger partial charge in [-0.1, -0.05) is 33.1 Å². The highest BCUT2D eigenvalue weighted by molar-refractivity contribution is 4.79. The summed E-state index contributed by atoms with van der Waals surface area (Å²) in [6.07, 6.45) is 8.53. The summed E-state index contributed by atoms with van der Waals surface area (Å²) in [6, 6.07) is 0.718. The minimum Gasteiger partial charge on any atom is -0.303 e. The van der Waals surface area contributed by atoms with Crippen LogP contribution in [0.25, 0.3) is 0 Å². The fourth-order valence-corrected chi connectivity index (χ4v) is 4.28. The highest BCUT2D eigenvalue weighted by Crippen LogP contribution is 2.20. The summed E-state index contributed by atoms with van der Waals surface area (Å²) in [5.74, 6) is 1.83. The van der Waals surface area contributed by atoms with Gasteiger partial charge in [0.2, 0.25) is 0 Å². The molecule has 2 aliphatic rings. The van der Waals surface area contributed by atoms with Crippen LogP contribution in [0.15, 0.2) is 0 Å². The predicted octanol–water partition coefficient (Wildman–Crippen LogP) is 3.94. The smallest absolute Gasteiger partial charge is 0.0113 e. The molecule has 0 spiro atoms. The summed E-state index contributed by atoms with van der Waals surface area (Å²) in [5, 5.41) is 0. The van der Waals surface area contributed by atoms with Crippen molar-refractivity contribution >= 4 is 0 Å². The van der Waals surface area contributed by atoms with Crippen LogP contribution in [0.3, 0.4) is 0 Å². The summed E-state index contributed by atoms with van der Waals surface area (Å²) in [4.78, 5) is 8.08. The summed E-state index contributed by atoms with van der Waals surface area (Å²) in [7, 11) is 0. The Balaban J connectivity index is 1.52. The van der Waals surface area contributed by atoms with Gasteiger partial charge in [-0.2, -0.15) is 0 Å². The van der Waals surface area contributed by atoms with Crippen LogP contribution in [-0.4, -0.2) is 73.1 Å². The molecular weight excluding hydrogens is 294 g/mol. The molecular formula is C21H43N3. The van der Waals surface area contributed by atoms with E-state index in [2.05, 4.69) is 42.4 Å². The van der Waals surface area contributed by atoms with Crippen molar-refractivity contribution in [2.75, 3.05) is 52.4 Å². The Kier molecular flexibility index (Phi) is 9.07. The fraction of sp³-hybridized carbons (Fsp3) is 1.00. The standard InChI is InChI=1S/C21H43N3/c1-19(2)8-6-5-7-11-22-12-9-21(10-13-22)18-23-14-16-24(17-15-23)20(3)4/h19-21H,5-18H2,1-4H3. The number of piperidine rings is 1. The molecule has 3 heteroatoms. The molecule has 0 saturated carbocycles. The van der Waals surface area contributed by atoms with E-state index in [-0.39, 0.29) is 0 Å². The van der Waals surface area contributed by atoms with Crippen LogP contribution in [0.2, 0.25) is 0 Å². The van der Waals surface area contributed by atoms with Gasteiger partial charge in [-0.25, -0.2) is 0 Å². The number of unbranched alkanes of at least 4 members (excludes halogenated alkanes) is 2. The Bertz CT molecular complexity index is 313. The van der Waals surface area contributed by atoms with Gasteiger partial charge in [-0.05, 0) is 64.6 Å². The molecule has 0 amide bonds. The summed E-state index contributed by atoms with van der Waals surface area (Å²) in [5.41, 5.74) is 0. The average Bonchev–Trinajstić information content (AvgIpc) is 2.56. The minimum atomic E-state index is 0.718. The third kappa shape index (κ3) is 7.41. The van der Waals surface area contributed by atoms with Crippen molar-refractivity contribution < 1.29 is 0 Å². The Morgan fingerprint density at radius 1 is 0.750 bits per heavy atom. The second kappa shape index (κ2) is 10.8. The van der Waals surface area contributed by atoms with Gasteiger partial charge in [-0.3, -0.25) is 4.90 Å². The Labute approximate surface area is 151 Å². The number of piperazine rings is 1. The quantitative estimate of drug-likeness (QED) is 0.590. The van der Waals surface area contributed by atoms with E-state index in [1.807, 2.05) is 0 Å². The highest BCUT2D eigenvalue weighted by Gasteiger charge is 2.24. The summed E-state index contributed by atoms with van der Waals surface area (Å²) >= 11 is 0. The zero-order valence-electron chi connectivity index (χ0n) is 17.0. The largest absolute Gasteiger partial charge is 0.303 e. The molecule has 0 unspecified atom stereocenters. The predicted molar refractivity (Wildman–Crippen MR) is 106 cm³/mol. The van der Waals surface area contributed by atoms with Crippen LogP contribution in [0.5, 0.6) is 0 Å². The van der Waals surface area contributed by atoms with E-state index in [1.165, 1.54) is 90.9 Å². The minimum absolute atomic E-state index is 0.718. The molecule has 0 atom stereocenters. The van der Waals surface area contributed by atoms with Gasteiger partial charge in [0.15, 0.2) is 0 Å². The first-order valence-electron chi connectivity index (χ1n) is 10.7. The number of likely N-dealkylation sites (tertiary alicyclic amines) is 1. The lowest BCUT2D eigenvalue weighted by Crippen LogP contribution is -2.50. The van der Waals surface area contributed by atoms with E-state index in [1.54, 1.807) is 0 Å². The monoisotopic (exact) mass is 337 g/mol. The highest BCUT2D eigenvalue weighted by atomic mass is 15.3. The van der Waals surface area contributed by atoms with Crippen molar-refractivity contribution in [3.8, 4) is 0 Å². The molecule has 3 nitrogen and oxygen atoms in total. The van der Waals surface area contributed by atoms with E-state index in [4.69, 9.17) is 0 Å². The molecule has 2 heterocycles. The van der Waals surface area contributed by atoms with Gasteiger partial charge < -0.3 is 9.80 Å². The van der Waals surface area contributed by atoms with Crippen LogP contribution in [-0.2, 0) is 0 Å². The van der Waals surface area contributed by atoms with Crippen molar-refractivity contribution in [2.24, 2.45) is 11.8 Å². The Morgan fingerprint density at radius 3 is 2.00 bits per heavy atom. The van der Waals surface area contributed by atoms with Crippen molar-refractivity contribution in [1.82, 2.24) is 14.7 Å². The lowest BCUT2D eigenvalue weighted by Gasteiger charge is -2.40. The van der Waals surface area contributed by atoms with E-state index in [9.17, 15) is 0 Å². The van der Waals surface area contributed by atoms with Crippen molar-refractivity contribution in [2.45, 2.75) is 72.3 Å². The number of hydrogen-bond acceptors (Lipinski definition) is 3. The maximum absolute atomic E-state index is 2.73. The van der Waals surface area contributed by atoms with E-state index >= 15 is 0 Å². The molecule has 0 radical (unpaired) electrons. The average molecular weight is 338 g/mol. The van der Waals surface area contributed by atoms with Gasteiger partial charge in [0.05, 0.1) is 0 Å². The lowest BCUT2D eigenvalue weighted by atomic mass is 9.95. The van der Waals surface area contributed by atoms with E-state index < -0.39 is 0 Å². The van der Waals surface area contributed by atoms with Gasteiger partial charge in [0.25, 0.3) is 0 Å². The zero-order valence-corrected chi connectivity index (χ0v) is 17.0. The van der Waals surface area contributed by atoms with Crippen LogP contribution in [0.4, 0.5) is 0 Å². The first-order chi connectivity index (χ1) is 11.5. The summed E-state index contributed by atoms with van der Waals surface area (Å²) in [6.45, 7) is 19.8. The number of hydrogen-bond donors (Lipinski definition) is 0. The first-order valence-corrected chi connectivity index (χ1v) is 10.7. The molecule has 142 valence electrons. The van der Waals surface area contributed by atoms with Crippen LogP contribution < -0.4 is 0 Å². The molecule has 2 aliphatic heterocycles. The van der Waals surface area contributed by atoms with E-state index in [0.29, 0.717) is 0 Å². The molecule has 0 bridgehead atoms. The third-order valence-corrected chi connectivity index (χ3v) is 6.12. The van der Waals surface area contributed by atoms with Crippen LogP contribution in [0.1, 0.15) is 66.2 Å². The Morgan fingerprint density at radius 2 is 1.42 bits per heavy atom. The van der Waals surface area contributed by atoms with Crippen molar-refractivity contribution in [3.63, 3.8) is 0 Å². The molecule has 0 aromatic heterocycles. The van der Waals surface area contributed by atoms with Gasteiger partial charge in [0, 0.05) is 38.8 Å². The molecule has 0 aliphatic carbocycles. The van der Waals surface area contributed by atoms with Crippen molar-refractivity contribution in [1.29, 1.82) is 0 Å². The SMILES string of the molecule is CC(C)CCCCCN1CCC(CN2CCN(C(C)C)CC2)CC1. The second-order valence-corrected chi connectivity index (χ2v) is 8.96. The van der Waals surface area contributed by atoms with Crippen LogP contribution >= 0.6 is 0 Å². The first kappa shape index (κ1) is 20.2. The van der Waals surface area contributed by atoms with Gasteiger partial charge >= 0.3 is 0 Å². The molecule has 2 rings (SSSR count). The molecule has 0 N–H and O–H groups in total. The number of nitrogens with zero attached hydrogens (tertiary/aromatic N) is 3. The van der Waals surface area contributed by atoms with Gasteiger partial charge in [0.1, 0.15) is 0 Å². The van der Waals surface area contributed by atoms with Crippen molar-refractivity contribution in [3.05, 3.63) is 0 Å². The maximum atomic E-state index is 2.73. The zero-order chi connectivity index (χ0) is 17.4. The lowest BCUT2D eigenvalue weighted by molar-refractivity contribution is 0.0807. The summed E-state index contributed by atoms with van der Waals surface area (Å²) < 4.78 is 0. The normalized spacial score (nSPS) is 22.8.